The van der Waals surface area contributed by atoms with Crippen molar-refractivity contribution in [1.82, 2.24) is 13.9 Å². The molecule has 0 fully saturated rings. The number of hydrogen-bond donors (Lipinski definition) is 0. The molecule has 1 aromatic carbocycles. The Bertz CT molecular complexity index is 968. The summed E-state index contributed by atoms with van der Waals surface area (Å²) in [5.74, 6) is 0.362. The monoisotopic (exact) mass is 361 g/mol. The molecule has 2 aromatic heterocycles. The first-order valence-electron chi connectivity index (χ1n) is 7.87. The van der Waals surface area contributed by atoms with Gasteiger partial charge in [-0.1, -0.05) is 25.1 Å². The molecule has 0 saturated carbocycles. The summed E-state index contributed by atoms with van der Waals surface area (Å²) in [7, 11) is -2.17. The third-order valence-electron chi connectivity index (χ3n) is 3.80. The molecule has 0 N–H and O–H groups in total. The van der Waals surface area contributed by atoms with Crippen molar-refractivity contribution in [3.8, 4) is 5.88 Å². The molecule has 0 saturated heterocycles. The summed E-state index contributed by atoms with van der Waals surface area (Å²) in [6, 6.07) is 8.27. The molecule has 3 rings (SSSR count). The van der Waals surface area contributed by atoms with Gasteiger partial charge in [-0.3, -0.25) is 0 Å². The lowest BCUT2D eigenvalue weighted by Gasteiger charge is -2.08. The topological polar surface area (TPSA) is 83.3 Å². The van der Waals surface area contributed by atoms with Crippen molar-refractivity contribution >= 4 is 21.1 Å². The maximum absolute atomic E-state index is 13.0. The van der Waals surface area contributed by atoms with Crippen LogP contribution in [0.4, 0.5) is 0 Å². The van der Waals surface area contributed by atoms with Gasteiger partial charge in [0.15, 0.2) is 5.65 Å². The van der Waals surface area contributed by atoms with Crippen molar-refractivity contribution in [3.05, 3.63) is 48.4 Å². The number of benzene rings is 1. The minimum absolute atomic E-state index is 0.204. The second-order valence-electron chi connectivity index (χ2n) is 5.34. The average Bonchev–Trinajstić information content (AvgIpc) is 3.03. The zero-order valence-electron chi connectivity index (χ0n) is 14.0. The van der Waals surface area contributed by atoms with Crippen molar-refractivity contribution in [2.75, 3.05) is 20.3 Å². The predicted molar refractivity (Wildman–Crippen MR) is 93.3 cm³/mol. The van der Waals surface area contributed by atoms with E-state index in [-0.39, 0.29) is 4.90 Å². The zero-order chi connectivity index (χ0) is 17.9. The minimum atomic E-state index is -3.75. The molecular weight excluding hydrogens is 342 g/mol. The Labute approximate surface area is 146 Å². The molecule has 8 heteroatoms. The first-order chi connectivity index (χ1) is 12.1. The zero-order valence-corrected chi connectivity index (χ0v) is 14.9. The van der Waals surface area contributed by atoms with Gasteiger partial charge in [-0.2, -0.15) is 0 Å². The van der Waals surface area contributed by atoms with Crippen LogP contribution in [-0.2, 0) is 21.2 Å². The van der Waals surface area contributed by atoms with Crippen LogP contribution in [0.3, 0.4) is 0 Å². The molecule has 2 heterocycles. The second-order valence-corrected chi connectivity index (χ2v) is 7.16. The van der Waals surface area contributed by atoms with Gasteiger partial charge in [0.1, 0.15) is 12.9 Å². The van der Waals surface area contributed by atoms with Crippen LogP contribution in [0.25, 0.3) is 11.0 Å². The maximum Gasteiger partial charge on any atom is 0.269 e. The fourth-order valence-electron chi connectivity index (χ4n) is 2.56. The Morgan fingerprint density at radius 2 is 1.88 bits per heavy atom. The molecule has 132 valence electrons. The highest BCUT2D eigenvalue weighted by atomic mass is 32.2. The fourth-order valence-corrected chi connectivity index (χ4v) is 3.92. The van der Waals surface area contributed by atoms with E-state index < -0.39 is 10.0 Å². The molecule has 7 nitrogen and oxygen atoms in total. The average molecular weight is 361 g/mol. The van der Waals surface area contributed by atoms with E-state index in [1.807, 2.05) is 6.92 Å². The number of ether oxygens (including phenoxy) is 2. The Hall–Kier alpha value is -2.45. The standard InChI is InChI=1S/C17H19N3O4S/c1-3-13-11-20(25(21,22)14-7-5-4-6-8-14)16-15(13)17(19-12-18-16)24-10-9-23-2/h4-8,11-12H,3,9-10H2,1-2H3. The summed E-state index contributed by atoms with van der Waals surface area (Å²) < 4.78 is 37.8. The van der Waals surface area contributed by atoms with Gasteiger partial charge in [0.2, 0.25) is 5.88 Å². The first-order valence-corrected chi connectivity index (χ1v) is 9.31. The summed E-state index contributed by atoms with van der Waals surface area (Å²) in [6.45, 7) is 2.68. The van der Waals surface area contributed by atoms with Crippen LogP contribution in [-0.4, -0.2) is 42.7 Å². The van der Waals surface area contributed by atoms with Crippen molar-refractivity contribution in [2.45, 2.75) is 18.2 Å². The fraction of sp³-hybridized carbons (Fsp3) is 0.294. The summed E-state index contributed by atoms with van der Waals surface area (Å²) in [5, 5.41) is 0.612. The molecule has 0 amide bonds. The van der Waals surface area contributed by atoms with Gasteiger partial charge >= 0.3 is 0 Å². The van der Waals surface area contributed by atoms with Crippen LogP contribution >= 0.6 is 0 Å². The molecule has 0 unspecified atom stereocenters. The summed E-state index contributed by atoms with van der Waals surface area (Å²) in [5.41, 5.74) is 1.12. The van der Waals surface area contributed by atoms with Crippen LogP contribution in [0.5, 0.6) is 5.88 Å². The lowest BCUT2D eigenvalue weighted by molar-refractivity contribution is 0.144. The smallest absolute Gasteiger partial charge is 0.269 e. The summed E-state index contributed by atoms with van der Waals surface area (Å²) in [4.78, 5) is 8.55. The molecule has 0 aliphatic rings. The molecule has 25 heavy (non-hydrogen) atoms. The number of rotatable bonds is 7. The Morgan fingerprint density at radius 3 is 2.56 bits per heavy atom. The van der Waals surface area contributed by atoms with E-state index in [0.717, 1.165) is 5.56 Å². The number of fused-ring (bicyclic) bond motifs is 1. The Morgan fingerprint density at radius 1 is 1.12 bits per heavy atom. The third-order valence-corrected chi connectivity index (χ3v) is 5.47. The van der Waals surface area contributed by atoms with Crippen LogP contribution in [0, 0.1) is 0 Å². The van der Waals surface area contributed by atoms with Crippen LogP contribution in [0.2, 0.25) is 0 Å². The third kappa shape index (κ3) is 3.22. The summed E-state index contributed by atoms with van der Waals surface area (Å²) >= 11 is 0. The van der Waals surface area contributed by atoms with E-state index >= 15 is 0 Å². The lowest BCUT2D eigenvalue weighted by atomic mass is 10.2. The highest BCUT2D eigenvalue weighted by Gasteiger charge is 2.24. The van der Waals surface area contributed by atoms with Gasteiger partial charge in [0.05, 0.1) is 16.9 Å². The van der Waals surface area contributed by atoms with Crippen LogP contribution in [0.1, 0.15) is 12.5 Å². The van der Waals surface area contributed by atoms with E-state index in [1.54, 1.807) is 43.6 Å². The van der Waals surface area contributed by atoms with Gasteiger partial charge in [-0.15, -0.1) is 0 Å². The van der Waals surface area contributed by atoms with Gasteiger partial charge in [-0.05, 0) is 24.1 Å². The number of nitrogens with zero attached hydrogens (tertiary/aromatic N) is 3. The maximum atomic E-state index is 13.0. The molecule has 0 aliphatic heterocycles. The van der Waals surface area contributed by atoms with Gasteiger partial charge in [0, 0.05) is 13.3 Å². The van der Waals surface area contributed by atoms with Gasteiger partial charge < -0.3 is 9.47 Å². The number of hydrogen-bond acceptors (Lipinski definition) is 6. The van der Waals surface area contributed by atoms with Crippen molar-refractivity contribution in [3.63, 3.8) is 0 Å². The van der Waals surface area contributed by atoms with E-state index in [2.05, 4.69) is 9.97 Å². The molecular formula is C17H19N3O4S. The van der Waals surface area contributed by atoms with Crippen molar-refractivity contribution in [2.24, 2.45) is 0 Å². The molecule has 0 bridgehead atoms. The van der Waals surface area contributed by atoms with Crippen LogP contribution < -0.4 is 4.74 Å². The predicted octanol–water partition coefficient (Wildman–Crippen LogP) is 2.26. The number of methoxy groups -OCH3 is 1. The highest BCUT2D eigenvalue weighted by Crippen LogP contribution is 2.30. The minimum Gasteiger partial charge on any atom is -0.475 e. The number of aryl methyl sites for hydroxylation is 1. The molecule has 0 spiro atoms. The lowest BCUT2D eigenvalue weighted by Crippen LogP contribution is -2.12. The highest BCUT2D eigenvalue weighted by molar-refractivity contribution is 7.90. The van der Waals surface area contributed by atoms with Crippen LogP contribution in [0.15, 0.2) is 47.8 Å². The first kappa shape index (κ1) is 17.4. The Kier molecular flexibility index (Phi) is 5.00. The van der Waals surface area contributed by atoms with E-state index in [0.29, 0.717) is 36.5 Å². The van der Waals surface area contributed by atoms with Gasteiger partial charge in [-0.25, -0.2) is 22.4 Å². The largest absolute Gasteiger partial charge is 0.475 e. The molecule has 0 radical (unpaired) electrons. The van der Waals surface area contributed by atoms with Gasteiger partial charge in [0.25, 0.3) is 10.0 Å². The van der Waals surface area contributed by atoms with E-state index in [1.165, 1.54) is 10.3 Å². The van der Waals surface area contributed by atoms with E-state index in [9.17, 15) is 8.42 Å². The summed E-state index contributed by atoms with van der Waals surface area (Å²) in [6.07, 6.45) is 3.52. The normalized spacial score (nSPS) is 11.8. The molecule has 0 atom stereocenters. The van der Waals surface area contributed by atoms with Crippen molar-refractivity contribution in [1.29, 1.82) is 0 Å². The quantitative estimate of drug-likeness (QED) is 0.600. The Balaban J connectivity index is 2.16. The molecule has 0 aliphatic carbocycles. The molecule has 3 aromatic rings. The second kappa shape index (κ2) is 7.20. The van der Waals surface area contributed by atoms with E-state index in [4.69, 9.17) is 9.47 Å². The SMILES string of the molecule is CCc1cn(S(=O)(=O)c2ccccc2)c2ncnc(OCCOC)c12. The number of aromatic nitrogens is 3. The van der Waals surface area contributed by atoms with Crippen molar-refractivity contribution < 1.29 is 17.9 Å².